The van der Waals surface area contributed by atoms with Crippen LogP contribution in [-0.4, -0.2) is 37.4 Å². The second-order valence-corrected chi connectivity index (χ2v) is 5.92. The van der Waals surface area contributed by atoms with E-state index >= 15 is 0 Å². The summed E-state index contributed by atoms with van der Waals surface area (Å²) in [4.78, 5) is 34.8. The Morgan fingerprint density at radius 3 is 2.26 bits per heavy atom. The molecule has 0 aliphatic carbocycles. The van der Waals surface area contributed by atoms with Crippen LogP contribution in [0.5, 0.6) is 0 Å². The summed E-state index contributed by atoms with van der Waals surface area (Å²) in [5.41, 5.74) is 0.316. The molecule has 126 valence electrons. The van der Waals surface area contributed by atoms with Crippen LogP contribution >= 0.6 is 23.2 Å². The van der Waals surface area contributed by atoms with Crippen molar-refractivity contribution in [2.24, 2.45) is 5.92 Å². The second kappa shape index (κ2) is 9.37. The highest BCUT2D eigenvalue weighted by atomic mass is 35.5. The van der Waals surface area contributed by atoms with Crippen molar-refractivity contribution in [3.8, 4) is 0 Å². The first kappa shape index (κ1) is 19.3. The highest BCUT2D eigenvalue weighted by Crippen LogP contribution is 2.22. The normalized spacial score (nSPS) is 10.3. The summed E-state index contributed by atoms with van der Waals surface area (Å²) in [7, 11) is 0. The van der Waals surface area contributed by atoms with Crippen molar-refractivity contribution in [1.82, 2.24) is 16.0 Å². The average molecular weight is 360 g/mol. The van der Waals surface area contributed by atoms with E-state index in [0.717, 1.165) is 0 Å². The molecular weight excluding hydrogens is 341 g/mol. The third-order valence-electron chi connectivity index (χ3n) is 2.86. The Kier molecular flexibility index (Phi) is 7.85. The molecule has 0 fully saturated rings. The van der Waals surface area contributed by atoms with Crippen LogP contribution in [0.1, 0.15) is 24.2 Å². The minimum Gasteiger partial charge on any atom is -0.354 e. The zero-order valence-corrected chi connectivity index (χ0v) is 14.4. The van der Waals surface area contributed by atoms with Gasteiger partial charge in [-0.2, -0.15) is 0 Å². The lowest BCUT2D eigenvalue weighted by molar-refractivity contribution is -0.124. The molecule has 0 saturated carbocycles. The van der Waals surface area contributed by atoms with Crippen LogP contribution in [0.2, 0.25) is 10.0 Å². The number of halogens is 2. The molecule has 0 heterocycles. The fraction of sp³-hybridized carbons (Fsp3) is 0.400. The molecule has 0 atom stereocenters. The second-order valence-electron chi connectivity index (χ2n) is 5.11. The number of benzene rings is 1. The lowest BCUT2D eigenvalue weighted by Crippen LogP contribution is -2.41. The Hall–Kier alpha value is -1.79. The molecule has 8 heteroatoms. The van der Waals surface area contributed by atoms with Gasteiger partial charge in [0, 0.05) is 24.6 Å². The molecule has 23 heavy (non-hydrogen) atoms. The molecule has 0 aliphatic rings. The number of hydrogen-bond donors (Lipinski definition) is 3. The van der Waals surface area contributed by atoms with E-state index in [2.05, 4.69) is 16.0 Å². The number of amides is 3. The standard InChI is InChI=1S/C15H19Cl2N3O3/c1-9(2)14(22)19-6-5-18-13(21)8-20-15(23)10-3-4-11(16)12(17)7-10/h3-4,7,9H,5-6,8H2,1-2H3,(H,18,21)(H,19,22)(H,20,23). The van der Waals surface area contributed by atoms with E-state index in [-0.39, 0.29) is 29.3 Å². The molecule has 1 aromatic carbocycles. The zero-order chi connectivity index (χ0) is 17.4. The molecule has 1 aromatic rings. The van der Waals surface area contributed by atoms with E-state index in [0.29, 0.717) is 23.7 Å². The van der Waals surface area contributed by atoms with Gasteiger partial charge in [-0.3, -0.25) is 14.4 Å². The molecule has 1 rings (SSSR count). The minimum atomic E-state index is -0.424. The summed E-state index contributed by atoms with van der Waals surface area (Å²) in [6.45, 7) is 4.03. The van der Waals surface area contributed by atoms with Gasteiger partial charge in [0.25, 0.3) is 5.91 Å². The van der Waals surface area contributed by atoms with Crippen molar-refractivity contribution in [2.45, 2.75) is 13.8 Å². The van der Waals surface area contributed by atoms with Gasteiger partial charge in [0.2, 0.25) is 11.8 Å². The Labute approximate surface area is 144 Å². The molecule has 0 aliphatic heterocycles. The molecular formula is C15H19Cl2N3O3. The van der Waals surface area contributed by atoms with Crippen LogP contribution in [0, 0.1) is 5.92 Å². The quantitative estimate of drug-likeness (QED) is 0.646. The van der Waals surface area contributed by atoms with Crippen LogP contribution in [-0.2, 0) is 9.59 Å². The van der Waals surface area contributed by atoms with E-state index in [1.807, 2.05) is 0 Å². The van der Waals surface area contributed by atoms with E-state index in [1.165, 1.54) is 18.2 Å². The lowest BCUT2D eigenvalue weighted by atomic mass is 10.2. The molecule has 6 nitrogen and oxygen atoms in total. The fourth-order valence-electron chi connectivity index (χ4n) is 1.55. The molecule has 0 saturated heterocycles. The predicted molar refractivity (Wildman–Crippen MR) is 89.7 cm³/mol. The molecule has 0 spiro atoms. The molecule has 0 aromatic heterocycles. The lowest BCUT2D eigenvalue weighted by Gasteiger charge is -2.09. The summed E-state index contributed by atoms with van der Waals surface area (Å²) in [6, 6.07) is 4.46. The first-order valence-electron chi connectivity index (χ1n) is 7.09. The average Bonchev–Trinajstić information content (AvgIpc) is 2.51. The van der Waals surface area contributed by atoms with Crippen molar-refractivity contribution >= 4 is 40.9 Å². The fourth-order valence-corrected chi connectivity index (χ4v) is 1.85. The molecule has 0 bridgehead atoms. The molecule has 3 amide bonds. The maximum Gasteiger partial charge on any atom is 0.251 e. The maximum absolute atomic E-state index is 11.9. The summed E-state index contributed by atoms with van der Waals surface area (Å²) < 4.78 is 0. The van der Waals surface area contributed by atoms with E-state index in [9.17, 15) is 14.4 Å². The van der Waals surface area contributed by atoms with Gasteiger partial charge in [-0.15, -0.1) is 0 Å². The predicted octanol–water partition coefficient (Wildman–Crippen LogP) is 1.61. The van der Waals surface area contributed by atoms with Gasteiger partial charge in [-0.25, -0.2) is 0 Å². The molecule has 3 N–H and O–H groups in total. The van der Waals surface area contributed by atoms with Crippen molar-refractivity contribution in [2.75, 3.05) is 19.6 Å². The largest absolute Gasteiger partial charge is 0.354 e. The van der Waals surface area contributed by atoms with Crippen LogP contribution in [0.25, 0.3) is 0 Å². The summed E-state index contributed by atoms with van der Waals surface area (Å²) in [5.74, 6) is -0.951. The van der Waals surface area contributed by atoms with Gasteiger partial charge >= 0.3 is 0 Å². The maximum atomic E-state index is 11.9. The zero-order valence-electron chi connectivity index (χ0n) is 12.9. The first-order chi connectivity index (χ1) is 10.8. The summed E-state index contributed by atoms with van der Waals surface area (Å²) >= 11 is 11.6. The van der Waals surface area contributed by atoms with Crippen LogP contribution in [0.3, 0.4) is 0 Å². The molecule has 0 unspecified atom stereocenters. The minimum absolute atomic E-state index is 0.0767. The third-order valence-corrected chi connectivity index (χ3v) is 3.60. The third kappa shape index (κ3) is 6.88. The first-order valence-corrected chi connectivity index (χ1v) is 7.84. The van der Waals surface area contributed by atoms with Gasteiger partial charge in [0.15, 0.2) is 0 Å². The topological polar surface area (TPSA) is 87.3 Å². The highest BCUT2D eigenvalue weighted by Gasteiger charge is 2.10. The Morgan fingerprint density at radius 2 is 1.65 bits per heavy atom. The summed E-state index contributed by atoms with van der Waals surface area (Å²) in [5, 5.41) is 8.35. The smallest absolute Gasteiger partial charge is 0.251 e. The Morgan fingerprint density at radius 1 is 1.00 bits per heavy atom. The van der Waals surface area contributed by atoms with Crippen molar-refractivity contribution < 1.29 is 14.4 Å². The van der Waals surface area contributed by atoms with Crippen LogP contribution < -0.4 is 16.0 Å². The van der Waals surface area contributed by atoms with Crippen LogP contribution in [0.4, 0.5) is 0 Å². The Bertz CT molecular complexity index is 591. The number of hydrogen-bond acceptors (Lipinski definition) is 3. The number of carbonyl (C=O) groups excluding carboxylic acids is 3. The van der Waals surface area contributed by atoms with E-state index < -0.39 is 5.91 Å². The van der Waals surface area contributed by atoms with Crippen molar-refractivity contribution in [1.29, 1.82) is 0 Å². The van der Waals surface area contributed by atoms with Gasteiger partial charge in [-0.05, 0) is 18.2 Å². The van der Waals surface area contributed by atoms with Gasteiger partial charge in [0.1, 0.15) is 0 Å². The van der Waals surface area contributed by atoms with Crippen molar-refractivity contribution in [3.05, 3.63) is 33.8 Å². The van der Waals surface area contributed by atoms with Gasteiger partial charge in [0.05, 0.1) is 16.6 Å². The Balaban J connectivity index is 2.29. The van der Waals surface area contributed by atoms with Crippen molar-refractivity contribution in [3.63, 3.8) is 0 Å². The summed E-state index contributed by atoms with van der Waals surface area (Å²) in [6.07, 6.45) is 0. The van der Waals surface area contributed by atoms with E-state index in [1.54, 1.807) is 13.8 Å². The highest BCUT2D eigenvalue weighted by molar-refractivity contribution is 6.42. The van der Waals surface area contributed by atoms with Gasteiger partial charge in [-0.1, -0.05) is 37.0 Å². The number of carbonyl (C=O) groups is 3. The number of rotatable bonds is 7. The SMILES string of the molecule is CC(C)C(=O)NCCNC(=O)CNC(=O)c1ccc(Cl)c(Cl)c1. The number of nitrogens with one attached hydrogen (secondary N) is 3. The van der Waals surface area contributed by atoms with E-state index in [4.69, 9.17) is 23.2 Å². The van der Waals surface area contributed by atoms with Gasteiger partial charge < -0.3 is 16.0 Å². The molecule has 0 radical (unpaired) electrons. The van der Waals surface area contributed by atoms with Crippen LogP contribution in [0.15, 0.2) is 18.2 Å². The monoisotopic (exact) mass is 359 g/mol.